The average Bonchev–Trinajstić information content (AvgIpc) is 3.19. The van der Waals surface area contributed by atoms with Gasteiger partial charge in [-0.25, -0.2) is 0 Å². The summed E-state index contributed by atoms with van der Waals surface area (Å²) >= 11 is 0. The van der Waals surface area contributed by atoms with Gasteiger partial charge in [0.1, 0.15) is 11.5 Å². The van der Waals surface area contributed by atoms with Crippen molar-refractivity contribution in [3.63, 3.8) is 0 Å². The van der Waals surface area contributed by atoms with E-state index in [-0.39, 0.29) is 12.6 Å². The molecule has 1 atom stereocenters. The standard InChI is InChI=1S/C14H21NO3/c1-9-13(17-2)7-6-11(14(9)18-3)12(8-16)15-10-4-5-10/h6-7,10,12,15-16H,4-5,8H2,1-3H3. The Morgan fingerprint density at radius 2 is 2.06 bits per heavy atom. The first-order valence-electron chi connectivity index (χ1n) is 6.29. The fourth-order valence-corrected chi connectivity index (χ4v) is 2.24. The Hall–Kier alpha value is -1.26. The molecule has 100 valence electrons. The summed E-state index contributed by atoms with van der Waals surface area (Å²) in [6, 6.07) is 4.34. The molecule has 0 spiro atoms. The van der Waals surface area contributed by atoms with Crippen LogP contribution in [0.25, 0.3) is 0 Å². The third kappa shape index (κ3) is 2.60. The molecule has 0 aliphatic heterocycles. The van der Waals surface area contributed by atoms with Crippen molar-refractivity contribution in [3.05, 3.63) is 23.3 Å². The predicted molar refractivity (Wildman–Crippen MR) is 70.3 cm³/mol. The molecule has 0 amide bonds. The van der Waals surface area contributed by atoms with Crippen molar-refractivity contribution < 1.29 is 14.6 Å². The summed E-state index contributed by atoms with van der Waals surface area (Å²) in [5, 5.41) is 13.0. The molecule has 1 aliphatic carbocycles. The second-order valence-electron chi connectivity index (χ2n) is 4.69. The molecule has 1 aromatic rings. The summed E-state index contributed by atoms with van der Waals surface area (Å²) in [5.74, 6) is 1.60. The second-order valence-corrected chi connectivity index (χ2v) is 4.69. The van der Waals surface area contributed by atoms with Crippen molar-refractivity contribution in [2.45, 2.75) is 31.8 Å². The zero-order chi connectivity index (χ0) is 13.1. The summed E-state index contributed by atoms with van der Waals surface area (Å²) in [6.45, 7) is 2.03. The third-order valence-electron chi connectivity index (χ3n) is 3.38. The third-order valence-corrected chi connectivity index (χ3v) is 3.38. The van der Waals surface area contributed by atoms with Crippen LogP contribution < -0.4 is 14.8 Å². The monoisotopic (exact) mass is 251 g/mol. The van der Waals surface area contributed by atoms with Crippen molar-refractivity contribution in [1.82, 2.24) is 5.32 Å². The molecular formula is C14H21NO3. The van der Waals surface area contributed by atoms with Crippen LogP contribution in [-0.4, -0.2) is 32.0 Å². The number of hydrogen-bond donors (Lipinski definition) is 2. The van der Waals surface area contributed by atoms with E-state index in [1.807, 2.05) is 19.1 Å². The number of aliphatic hydroxyl groups excluding tert-OH is 1. The van der Waals surface area contributed by atoms with E-state index < -0.39 is 0 Å². The number of benzene rings is 1. The summed E-state index contributed by atoms with van der Waals surface area (Å²) in [4.78, 5) is 0. The Morgan fingerprint density at radius 3 is 2.56 bits per heavy atom. The molecule has 1 aromatic carbocycles. The van der Waals surface area contributed by atoms with Crippen LogP contribution in [0.2, 0.25) is 0 Å². The molecule has 1 aliphatic rings. The molecule has 2 N–H and O–H groups in total. The van der Waals surface area contributed by atoms with Gasteiger partial charge in [-0.3, -0.25) is 0 Å². The van der Waals surface area contributed by atoms with Crippen LogP contribution in [0.1, 0.15) is 30.0 Å². The van der Waals surface area contributed by atoms with E-state index in [0.717, 1.165) is 22.6 Å². The fraction of sp³-hybridized carbons (Fsp3) is 0.571. The largest absolute Gasteiger partial charge is 0.496 e. The van der Waals surface area contributed by atoms with Gasteiger partial charge < -0.3 is 19.9 Å². The average molecular weight is 251 g/mol. The van der Waals surface area contributed by atoms with E-state index in [0.29, 0.717) is 6.04 Å². The molecule has 0 aromatic heterocycles. The second kappa shape index (κ2) is 5.59. The lowest BCUT2D eigenvalue weighted by molar-refractivity contribution is 0.239. The van der Waals surface area contributed by atoms with Gasteiger partial charge in [-0.15, -0.1) is 0 Å². The van der Waals surface area contributed by atoms with E-state index in [2.05, 4.69) is 5.32 Å². The van der Waals surface area contributed by atoms with Crippen LogP contribution in [0.3, 0.4) is 0 Å². The van der Waals surface area contributed by atoms with Gasteiger partial charge in [0.15, 0.2) is 0 Å². The Kier molecular flexibility index (Phi) is 4.09. The number of nitrogens with one attached hydrogen (secondary N) is 1. The van der Waals surface area contributed by atoms with Crippen molar-refractivity contribution in [2.24, 2.45) is 0 Å². The highest BCUT2D eigenvalue weighted by Crippen LogP contribution is 2.35. The van der Waals surface area contributed by atoms with E-state index in [1.54, 1.807) is 14.2 Å². The maximum atomic E-state index is 9.54. The molecular weight excluding hydrogens is 230 g/mol. The highest BCUT2D eigenvalue weighted by molar-refractivity contribution is 5.50. The van der Waals surface area contributed by atoms with Gasteiger partial charge in [-0.1, -0.05) is 0 Å². The van der Waals surface area contributed by atoms with E-state index in [9.17, 15) is 5.11 Å². The maximum absolute atomic E-state index is 9.54. The van der Waals surface area contributed by atoms with E-state index in [1.165, 1.54) is 12.8 Å². The quantitative estimate of drug-likeness (QED) is 0.809. The first-order chi connectivity index (χ1) is 8.71. The first-order valence-corrected chi connectivity index (χ1v) is 6.29. The van der Waals surface area contributed by atoms with Gasteiger partial charge in [0.2, 0.25) is 0 Å². The Bertz CT molecular complexity index is 416. The molecule has 0 heterocycles. The van der Waals surface area contributed by atoms with Crippen LogP contribution >= 0.6 is 0 Å². The minimum Gasteiger partial charge on any atom is -0.496 e. The Balaban J connectivity index is 2.32. The maximum Gasteiger partial charge on any atom is 0.130 e. The first kappa shape index (κ1) is 13.2. The molecule has 4 heteroatoms. The Labute approximate surface area is 108 Å². The SMILES string of the molecule is COc1ccc(C(CO)NC2CC2)c(OC)c1C. The molecule has 18 heavy (non-hydrogen) atoms. The molecule has 1 unspecified atom stereocenters. The van der Waals surface area contributed by atoms with Crippen molar-refractivity contribution in [1.29, 1.82) is 0 Å². The van der Waals surface area contributed by atoms with Gasteiger partial charge in [0.05, 0.1) is 26.9 Å². The lowest BCUT2D eigenvalue weighted by Gasteiger charge is -2.21. The summed E-state index contributed by atoms with van der Waals surface area (Å²) in [7, 11) is 3.30. The number of methoxy groups -OCH3 is 2. The molecule has 0 radical (unpaired) electrons. The van der Waals surface area contributed by atoms with Crippen LogP contribution in [0, 0.1) is 6.92 Å². The molecule has 0 saturated heterocycles. The normalized spacial score (nSPS) is 16.4. The van der Waals surface area contributed by atoms with E-state index >= 15 is 0 Å². The summed E-state index contributed by atoms with van der Waals surface area (Å²) < 4.78 is 10.8. The van der Waals surface area contributed by atoms with Crippen molar-refractivity contribution >= 4 is 0 Å². The van der Waals surface area contributed by atoms with Gasteiger partial charge in [0, 0.05) is 17.2 Å². The van der Waals surface area contributed by atoms with Crippen LogP contribution in [0.5, 0.6) is 11.5 Å². The van der Waals surface area contributed by atoms with Crippen LogP contribution in [0.4, 0.5) is 0 Å². The molecule has 4 nitrogen and oxygen atoms in total. The minimum absolute atomic E-state index is 0.0681. The topological polar surface area (TPSA) is 50.7 Å². The van der Waals surface area contributed by atoms with Gasteiger partial charge in [0.25, 0.3) is 0 Å². The smallest absolute Gasteiger partial charge is 0.130 e. The van der Waals surface area contributed by atoms with Crippen molar-refractivity contribution in [2.75, 3.05) is 20.8 Å². The number of rotatable bonds is 6. The van der Waals surface area contributed by atoms with Gasteiger partial charge in [-0.2, -0.15) is 0 Å². The summed E-state index contributed by atoms with van der Waals surface area (Å²) in [6.07, 6.45) is 2.38. The van der Waals surface area contributed by atoms with Crippen molar-refractivity contribution in [3.8, 4) is 11.5 Å². The lowest BCUT2D eigenvalue weighted by atomic mass is 10.0. The fourth-order valence-electron chi connectivity index (χ4n) is 2.24. The predicted octanol–water partition coefficient (Wildman–Crippen LogP) is 1.80. The van der Waals surface area contributed by atoms with Gasteiger partial charge >= 0.3 is 0 Å². The van der Waals surface area contributed by atoms with Gasteiger partial charge in [-0.05, 0) is 31.9 Å². The highest BCUT2D eigenvalue weighted by atomic mass is 16.5. The Morgan fingerprint density at radius 1 is 1.33 bits per heavy atom. The minimum atomic E-state index is -0.0722. The summed E-state index contributed by atoms with van der Waals surface area (Å²) in [5.41, 5.74) is 1.96. The highest BCUT2D eigenvalue weighted by Gasteiger charge is 2.27. The number of aliphatic hydroxyl groups is 1. The zero-order valence-electron chi connectivity index (χ0n) is 11.2. The zero-order valence-corrected chi connectivity index (χ0v) is 11.2. The molecule has 0 bridgehead atoms. The number of hydrogen-bond acceptors (Lipinski definition) is 4. The van der Waals surface area contributed by atoms with Crippen LogP contribution in [-0.2, 0) is 0 Å². The molecule has 2 rings (SSSR count). The lowest BCUT2D eigenvalue weighted by Crippen LogP contribution is -2.26. The number of ether oxygens (including phenoxy) is 2. The van der Waals surface area contributed by atoms with E-state index in [4.69, 9.17) is 9.47 Å². The van der Waals surface area contributed by atoms with Crippen LogP contribution in [0.15, 0.2) is 12.1 Å². The molecule has 1 saturated carbocycles. The molecule has 1 fully saturated rings.